The van der Waals surface area contributed by atoms with Crippen molar-refractivity contribution in [3.05, 3.63) is 23.7 Å². The molecule has 1 aliphatic rings. The molecule has 0 spiro atoms. The molecule has 0 bridgehead atoms. The molecule has 3 N–H and O–H groups in total. The van der Waals surface area contributed by atoms with E-state index >= 15 is 0 Å². The lowest BCUT2D eigenvalue weighted by atomic mass is 10.1. The zero-order chi connectivity index (χ0) is 11.1. The second-order valence-corrected chi connectivity index (χ2v) is 4.72. The van der Waals surface area contributed by atoms with E-state index in [0.717, 1.165) is 41.9 Å². The molecule has 16 heavy (non-hydrogen) atoms. The molecular formula is C12H16N4. The zero-order valence-electron chi connectivity index (χ0n) is 9.40. The first-order valence-electron chi connectivity index (χ1n) is 5.81. The van der Waals surface area contributed by atoms with Gasteiger partial charge in [-0.2, -0.15) is 0 Å². The highest BCUT2D eigenvalue weighted by molar-refractivity contribution is 5.70. The molecule has 2 aromatic heterocycles. The molecule has 0 saturated heterocycles. The Morgan fingerprint density at radius 3 is 2.94 bits per heavy atom. The minimum atomic E-state index is 0.341. The van der Waals surface area contributed by atoms with Gasteiger partial charge >= 0.3 is 0 Å². The van der Waals surface area contributed by atoms with E-state index in [1.807, 2.05) is 19.1 Å². The van der Waals surface area contributed by atoms with Crippen LogP contribution >= 0.6 is 0 Å². The standard InChI is InChI=1S/C12H16N4/c1-7-2-5-10-12(14-7)16-11(15-10)8-3-4-9(13)6-8/h2,5,8-9H,3-4,6,13H2,1H3,(H,14,15,16)/t8-,9+/m1/s1. The van der Waals surface area contributed by atoms with E-state index in [2.05, 4.69) is 15.0 Å². The normalized spacial score (nSPS) is 25.4. The van der Waals surface area contributed by atoms with Crippen LogP contribution in [-0.2, 0) is 0 Å². The molecule has 1 saturated carbocycles. The minimum absolute atomic E-state index is 0.341. The van der Waals surface area contributed by atoms with Gasteiger partial charge in [0.05, 0.1) is 5.52 Å². The molecule has 84 valence electrons. The fourth-order valence-electron chi connectivity index (χ4n) is 2.46. The summed E-state index contributed by atoms with van der Waals surface area (Å²) in [6.07, 6.45) is 3.28. The van der Waals surface area contributed by atoms with Crippen LogP contribution in [0.3, 0.4) is 0 Å². The molecule has 0 aromatic carbocycles. The molecule has 1 fully saturated rings. The average molecular weight is 216 g/mol. The van der Waals surface area contributed by atoms with Crippen molar-refractivity contribution in [3.8, 4) is 0 Å². The van der Waals surface area contributed by atoms with Crippen molar-refractivity contribution in [1.29, 1.82) is 0 Å². The van der Waals surface area contributed by atoms with Crippen LogP contribution in [0, 0.1) is 6.92 Å². The number of aryl methyl sites for hydroxylation is 1. The molecule has 0 amide bonds. The number of H-pyrrole nitrogens is 1. The Bertz CT molecular complexity index is 517. The summed E-state index contributed by atoms with van der Waals surface area (Å²) in [5.41, 5.74) is 8.79. The summed E-state index contributed by atoms with van der Waals surface area (Å²) >= 11 is 0. The van der Waals surface area contributed by atoms with Gasteiger partial charge in [-0.1, -0.05) is 0 Å². The molecule has 0 aliphatic heterocycles. The highest BCUT2D eigenvalue weighted by Crippen LogP contribution is 2.32. The van der Waals surface area contributed by atoms with Crippen LogP contribution in [0.5, 0.6) is 0 Å². The van der Waals surface area contributed by atoms with Crippen molar-refractivity contribution in [2.24, 2.45) is 5.73 Å². The zero-order valence-corrected chi connectivity index (χ0v) is 9.40. The van der Waals surface area contributed by atoms with Gasteiger partial charge in [0.2, 0.25) is 0 Å². The molecule has 3 rings (SSSR count). The largest absolute Gasteiger partial charge is 0.340 e. The van der Waals surface area contributed by atoms with Crippen LogP contribution in [0.4, 0.5) is 0 Å². The summed E-state index contributed by atoms with van der Waals surface area (Å²) < 4.78 is 0. The molecular weight excluding hydrogens is 200 g/mol. The fourth-order valence-corrected chi connectivity index (χ4v) is 2.46. The van der Waals surface area contributed by atoms with Crippen molar-refractivity contribution in [2.75, 3.05) is 0 Å². The second kappa shape index (κ2) is 3.56. The maximum absolute atomic E-state index is 5.92. The van der Waals surface area contributed by atoms with Crippen molar-refractivity contribution < 1.29 is 0 Å². The first-order chi connectivity index (χ1) is 7.72. The summed E-state index contributed by atoms with van der Waals surface area (Å²) in [4.78, 5) is 12.3. The lowest BCUT2D eigenvalue weighted by Crippen LogP contribution is -2.14. The summed E-state index contributed by atoms with van der Waals surface area (Å²) in [6, 6.07) is 4.39. The van der Waals surface area contributed by atoms with Crippen LogP contribution < -0.4 is 5.73 Å². The number of aromatic amines is 1. The summed E-state index contributed by atoms with van der Waals surface area (Å²) in [5.74, 6) is 1.55. The van der Waals surface area contributed by atoms with Gasteiger partial charge in [-0.25, -0.2) is 9.97 Å². The molecule has 4 nitrogen and oxygen atoms in total. The Hall–Kier alpha value is -1.42. The van der Waals surface area contributed by atoms with Gasteiger partial charge < -0.3 is 10.7 Å². The Balaban J connectivity index is 1.99. The Kier molecular flexibility index (Phi) is 2.17. The van der Waals surface area contributed by atoms with Gasteiger partial charge in [-0.3, -0.25) is 0 Å². The number of imidazole rings is 1. The Morgan fingerprint density at radius 1 is 1.31 bits per heavy atom. The third-order valence-electron chi connectivity index (χ3n) is 3.36. The quantitative estimate of drug-likeness (QED) is 0.764. The van der Waals surface area contributed by atoms with E-state index in [1.165, 1.54) is 0 Å². The first-order valence-corrected chi connectivity index (χ1v) is 5.81. The van der Waals surface area contributed by atoms with Crippen LogP contribution in [-0.4, -0.2) is 21.0 Å². The van der Waals surface area contributed by atoms with E-state index < -0.39 is 0 Å². The fraction of sp³-hybridized carbons (Fsp3) is 0.500. The molecule has 0 unspecified atom stereocenters. The number of nitrogens with zero attached hydrogens (tertiary/aromatic N) is 2. The van der Waals surface area contributed by atoms with Gasteiger partial charge in [0.15, 0.2) is 5.65 Å². The van der Waals surface area contributed by atoms with Crippen molar-refractivity contribution >= 4 is 11.2 Å². The minimum Gasteiger partial charge on any atom is -0.340 e. The third-order valence-corrected chi connectivity index (χ3v) is 3.36. The van der Waals surface area contributed by atoms with E-state index in [4.69, 9.17) is 5.73 Å². The predicted molar refractivity (Wildman–Crippen MR) is 63.2 cm³/mol. The molecule has 1 aliphatic carbocycles. The first kappa shape index (κ1) is 9.78. The van der Waals surface area contributed by atoms with Crippen LogP contribution in [0.1, 0.15) is 36.7 Å². The van der Waals surface area contributed by atoms with E-state index in [0.29, 0.717) is 12.0 Å². The van der Waals surface area contributed by atoms with Crippen molar-refractivity contribution in [1.82, 2.24) is 15.0 Å². The topological polar surface area (TPSA) is 67.6 Å². The van der Waals surface area contributed by atoms with Crippen molar-refractivity contribution in [2.45, 2.75) is 38.1 Å². The lowest BCUT2D eigenvalue weighted by Gasteiger charge is -2.04. The van der Waals surface area contributed by atoms with Gasteiger partial charge in [-0.05, 0) is 38.3 Å². The van der Waals surface area contributed by atoms with Crippen LogP contribution in [0.15, 0.2) is 12.1 Å². The number of nitrogens with two attached hydrogens (primary N) is 1. The predicted octanol–water partition coefficient (Wildman–Crippen LogP) is 1.86. The number of hydrogen-bond acceptors (Lipinski definition) is 3. The molecule has 2 aromatic rings. The smallest absolute Gasteiger partial charge is 0.177 e. The molecule has 2 heterocycles. The number of fused-ring (bicyclic) bond motifs is 1. The van der Waals surface area contributed by atoms with E-state index in [9.17, 15) is 0 Å². The Labute approximate surface area is 94.3 Å². The maximum atomic E-state index is 5.92. The van der Waals surface area contributed by atoms with Gasteiger partial charge in [0, 0.05) is 17.7 Å². The molecule has 2 atom stereocenters. The summed E-state index contributed by atoms with van der Waals surface area (Å²) in [6.45, 7) is 1.99. The number of nitrogens with one attached hydrogen (secondary N) is 1. The SMILES string of the molecule is Cc1ccc2[nH]c([C@@H]3CC[C@H](N)C3)nc2n1. The van der Waals surface area contributed by atoms with E-state index in [-0.39, 0.29) is 0 Å². The third kappa shape index (κ3) is 1.59. The number of hydrogen-bond donors (Lipinski definition) is 2. The van der Waals surface area contributed by atoms with Gasteiger partial charge in [0.1, 0.15) is 5.82 Å². The highest BCUT2D eigenvalue weighted by Gasteiger charge is 2.25. The van der Waals surface area contributed by atoms with Gasteiger partial charge in [-0.15, -0.1) is 0 Å². The average Bonchev–Trinajstić information content (AvgIpc) is 2.83. The second-order valence-electron chi connectivity index (χ2n) is 4.72. The van der Waals surface area contributed by atoms with Crippen LogP contribution in [0.25, 0.3) is 11.2 Å². The monoisotopic (exact) mass is 216 g/mol. The number of rotatable bonds is 1. The number of aromatic nitrogens is 3. The van der Waals surface area contributed by atoms with Crippen molar-refractivity contribution in [3.63, 3.8) is 0 Å². The highest BCUT2D eigenvalue weighted by atomic mass is 15.0. The molecule has 0 radical (unpaired) electrons. The summed E-state index contributed by atoms with van der Waals surface area (Å²) in [7, 11) is 0. The maximum Gasteiger partial charge on any atom is 0.177 e. The lowest BCUT2D eigenvalue weighted by molar-refractivity contribution is 0.651. The summed E-state index contributed by atoms with van der Waals surface area (Å²) in [5, 5.41) is 0. The molecule has 4 heteroatoms. The number of pyridine rings is 1. The van der Waals surface area contributed by atoms with Gasteiger partial charge in [0.25, 0.3) is 0 Å². The van der Waals surface area contributed by atoms with Crippen LogP contribution in [0.2, 0.25) is 0 Å². The Morgan fingerprint density at radius 2 is 2.19 bits per heavy atom. The van der Waals surface area contributed by atoms with E-state index in [1.54, 1.807) is 0 Å².